The average Bonchev–Trinajstić information content (AvgIpc) is 1.64. The molecule has 0 unspecified atom stereocenters. The molecule has 0 atom stereocenters. The maximum Gasteiger partial charge on any atom is 0.198 e. The SMILES string of the molecule is N=C1NCCC(=O)S1. The molecule has 3 nitrogen and oxygen atoms in total. The van der Waals surface area contributed by atoms with E-state index in [1.807, 2.05) is 0 Å². The second-order valence-corrected chi connectivity index (χ2v) is 2.55. The van der Waals surface area contributed by atoms with Gasteiger partial charge < -0.3 is 5.32 Å². The summed E-state index contributed by atoms with van der Waals surface area (Å²) in [6.45, 7) is 0.630. The first-order chi connectivity index (χ1) is 3.79. The number of carbonyl (C=O) groups is 1. The molecule has 1 fully saturated rings. The van der Waals surface area contributed by atoms with Crippen molar-refractivity contribution >= 4 is 22.0 Å². The van der Waals surface area contributed by atoms with Crippen molar-refractivity contribution in [2.75, 3.05) is 6.54 Å². The largest absolute Gasteiger partial charge is 0.364 e. The molecule has 0 spiro atoms. The molecular weight excluding hydrogens is 124 g/mol. The average molecular weight is 130 g/mol. The fourth-order valence-corrected chi connectivity index (χ4v) is 1.09. The molecule has 0 aromatic rings. The molecule has 44 valence electrons. The topological polar surface area (TPSA) is 53.0 Å². The quantitative estimate of drug-likeness (QED) is 0.491. The summed E-state index contributed by atoms with van der Waals surface area (Å²) in [4.78, 5) is 10.5. The highest BCUT2D eigenvalue weighted by Crippen LogP contribution is 2.08. The molecule has 1 aliphatic rings. The first kappa shape index (κ1) is 5.62. The first-order valence-electron chi connectivity index (χ1n) is 2.32. The van der Waals surface area contributed by atoms with Crippen LogP contribution >= 0.6 is 11.8 Å². The van der Waals surface area contributed by atoms with Gasteiger partial charge in [0.05, 0.1) is 0 Å². The number of thioether (sulfide) groups is 1. The Balaban J connectivity index is 2.45. The maximum absolute atomic E-state index is 10.5. The van der Waals surface area contributed by atoms with Crippen LogP contribution in [0.3, 0.4) is 0 Å². The predicted molar refractivity (Wildman–Crippen MR) is 32.9 cm³/mol. The Kier molecular flexibility index (Phi) is 1.53. The van der Waals surface area contributed by atoms with Crippen molar-refractivity contribution in [3.8, 4) is 0 Å². The van der Waals surface area contributed by atoms with Gasteiger partial charge in [0.25, 0.3) is 0 Å². The highest BCUT2D eigenvalue weighted by atomic mass is 32.2. The van der Waals surface area contributed by atoms with E-state index in [0.717, 1.165) is 11.8 Å². The van der Waals surface area contributed by atoms with Crippen molar-refractivity contribution < 1.29 is 4.79 Å². The molecule has 0 aromatic carbocycles. The molecule has 0 saturated carbocycles. The minimum absolute atomic E-state index is 0.0914. The predicted octanol–water partition coefficient (Wildman–Crippen LogP) is 0.174. The van der Waals surface area contributed by atoms with Gasteiger partial charge in [-0.25, -0.2) is 0 Å². The maximum atomic E-state index is 10.5. The van der Waals surface area contributed by atoms with E-state index in [1.54, 1.807) is 0 Å². The van der Waals surface area contributed by atoms with Crippen LogP contribution in [0.5, 0.6) is 0 Å². The van der Waals surface area contributed by atoms with Gasteiger partial charge in [-0.3, -0.25) is 10.2 Å². The molecule has 0 aliphatic carbocycles. The van der Waals surface area contributed by atoms with Gasteiger partial charge in [0.1, 0.15) is 0 Å². The molecule has 2 N–H and O–H groups in total. The van der Waals surface area contributed by atoms with Crippen LogP contribution in [0.2, 0.25) is 0 Å². The molecule has 1 rings (SSSR count). The molecule has 4 heteroatoms. The molecule has 0 bridgehead atoms. The van der Waals surface area contributed by atoms with E-state index in [9.17, 15) is 4.79 Å². The summed E-state index contributed by atoms with van der Waals surface area (Å²) in [6.07, 6.45) is 0.549. The lowest BCUT2D eigenvalue weighted by atomic mass is 10.5. The minimum atomic E-state index is 0.0914. The first-order valence-corrected chi connectivity index (χ1v) is 3.14. The van der Waals surface area contributed by atoms with Crippen LogP contribution in [-0.4, -0.2) is 16.8 Å². The monoisotopic (exact) mass is 130 g/mol. The zero-order chi connectivity index (χ0) is 5.98. The molecule has 1 saturated heterocycles. The number of carbonyl (C=O) groups excluding carboxylic acids is 1. The number of hydrogen-bond donors (Lipinski definition) is 2. The normalized spacial score (nSPS) is 20.5. The number of nitrogens with one attached hydrogen (secondary N) is 2. The smallest absolute Gasteiger partial charge is 0.198 e. The van der Waals surface area contributed by atoms with Crippen LogP contribution in [0.4, 0.5) is 0 Å². The van der Waals surface area contributed by atoms with Gasteiger partial charge in [-0.05, 0) is 11.8 Å². The van der Waals surface area contributed by atoms with Gasteiger partial charge in [-0.2, -0.15) is 0 Å². The zero-order valence-corrected chi connectivity index (χ0v) is 5.05. The van der Waals surface area contributed by atoms with E-state index in [4.69, 9.17) is 5.41 Å². The van der Waals surface area contributed by atoms with Gasteiger partial charge in [0.15, 0.2) is 10.3 Å². The highest BCUT2D eigenvalue weighted by Gasteiger charge is 2.11. The standard InChI is InChI=1S/C4H6N2OS/c5-4-6-2-1-3(7)8-4/h1-2H2,(H2,5,6). The summed E-state index contributed by atoms with van der Waals surface area (Å²) in [5.74, 6) is 0. The van der Waals surface area contributed by atoms with Gasteiger partial charge in [0.2, 0.25) is 0 Å². The molecule has 0 aromatic heterocycles. The summed E-state index contributed by atoms with van der Waals surface area (Å²) >= 11 is 0.975. The molecular formula is C4H6N2OS. The Hall–Kier alpha value is -0.510. The van der Waals surface area contributed by atoms with Crippen LogP contribution in [0.15, 0.2) is 0 Å². The highest BCUT2D eigenvalue weighted by molar-refractivity contribution is 8.26. The van der Waals surface area contributed by atoms with E-state index in [2.05, 4.69) is 5.32 Å². The van der Waals surface area contributed by atoms with E-state index >= 15 is 0 Å². The Labute approximate surface area is 51.3 Å². The van der Waals surface area contributed by atoms with Crippen molar-refractivity contribution in [2.45, 2.75) is 6.42 Å². The van der Waals surface area contributed by atoms with Crippen molar-refractivity contribution in [1.29, 1.82) is 5.41 Å². The third-order valence-electron chi connectivity index (χ3n) is 0.831. The molecule has 1 aliphatic heterocycles. The second-order valence-electron chi connectivity index (χ2n) is 1.48. The molecule has 8 heavy (non-hydrogen) atoms. The number of rotatable bonds is 0. The summed E-state index contributed by atoms with van der Waals surface area (Å²) < 4.78 is 0. The Morgan fingerprint density at radius 1 is 1.75 bits per heavy atom. The van der Waals surface area contributed by atoms with Crippen molar-refractivity contribution in [3.63, 3.8) is 0 Å². The number of amidine groups is 1. The van der Waals surface area contributed by atoms with E-state index < -0.39 is 0 Å². The summed E-state index contributed by atoms with van der Waals surface area (Å²) in [5, 5.41) is 10.1. The zero-order valence-electron chi connectivity index (χ0n) is 4.23. The van der Waals surface area contributed by atoms with Crippen molar-refractivity contribution in [1.82, 2.24) is 5.32 Å². The number of hydrogen-bond acceptors (Lipinski definition) is 3. The van der Waals surface area contributed by atoms with Crippen LogP contribution in [-0.2, 0) is 4.79 Å². The Bertz CT molecular complexity index is 120. The molecule has 0 amide bonds. The van der Waals surface area contributed by atoms with Crippen LogP contribution < -0.4 is 5.32 Å². The second kappa shape index (κ2) is 2.17. The lowest BCUT2D eigenvalue weighted by Crippen LogP contribution is -2.28. The van der Waals surface area contributed by atoms with Gasteiger partial charge >= 0.3 is 0 Å². The molecule has 1 heterocycles. The summed E-state index contributed by atoms with van der Waals surface area (Å²) in [5.41, 5.74) is 0. The molecule has 0 radical (unpaired) electrons. The van der Waals surface area contributed by atoms with E-state index in [1.165, 1.54) is 0 Å². The minimum Gasteiger partial charge on any atom is -0.364 e. The van der Waals surface area contributed by atoms with Gasteiger partial charge in [0, 0.05) is 13.0 Å². The van der Waals surface area contributed by atoms with Crippen molar-refractivity contribution in [3.05, 3.63) is 0 Å². The van der Waals surface area contributed by atoms with Crippen molar-refractivity contribution in [2.24, 2.45) is 0 Å². The third-order valence-corrected chi connectivity index (χ3v) is 1.61. The van der Waals surface area contributed by atoms with E-state index in [-0.39, 0.29) is 10.3 Å². The van der Waals surface area contributed by atoms with Crippen LogP contribution in [0, 0.1) is 5.41 Å². The van der Waals surface area contributed by atoms with Crippen LogP contribution in [0.1, 0.15) is 6.42 Å². The Morgan fingerprint density at radius 2 is 2.50 bits per heavy atom. The lowest BCUT2D eigenvalue weighted by Gasteiger charge is -2.10. The fourth-order valence-electron chi connectivity index (χ4n) is 0.479. The van der Waals surface area contributed by atoms with Crippen LogP contribution in [0.25, 0.3) is 0 Å². The fraction of sp³-hybridized carbons (Fsp3) is 0.500. The van der Waals surface area contributed by atoms with Gasteiger partial charge in [-0.1, -0.05) is 0 Å². The third kappa shape index (κ3) is 1.23. The Morgan fingerprint density at radius 3 is 2.88 bits per heavy atom. The van der Waals surface area contributed by atoms with Gasteiger partial charge in [-0.15, -0.1) is 0 Å². The lowest BCUT2D eigenvalue weighted by molar-refractivity contribution is -0.110. The van der Waals surface area contributed by atoms with E-state index in [0.29, 0.717) is 13.0 Å². The summed E-state index contributed by atoms with van der Waals surface area (Å²) in [6, 6.07) is 0. The summed E-state index contributed by atoms with van der Waals surface area (Å²) in [7, 11) is 0.